The van der Waals surface area contributed by atoms with Crippen LogP contribution in [-0.2, 0) is 4.74 Å². The second kappa shape index (κ2) is 6.76. The minimum atomic E-state index is 0.569. The average Bonchev–Trinajstić information content (AvgIpc) is 2.41. The van der Waals surface area contributed by atoms with Crippen molar-refractivity contribution in [1.82, 2.24) is 5.32 Å². The molecule has 0 aromatic heterocycles. The maximum absolute atomic E-state index is 5.80. The molecule has 2 atom stereocenters. The Morgan fingerprint density at radius 2 is 2.06 bits per heavy atom. The molecule has 1 aromatic rings. The van der Waals surface area contributed by atoms with Gasteiger partial charge in [-0.15, -0.1) is 0 Å². The molecule has 1 heterocycles. The first kappa shape index (κ1) is 13.4. The molecule has 100 valence electrons. The lowest BCUT2D eigenvalue weighted by Gasteiger charge is -2.29. The summed E-state index contributed by atoms with van der Waals surface area (Å²) in [5.74, 6) is 1.58. The first-order chi connectivity index (χ1) is 8.81. The molecule has 0 bridgehead atoms. The fourth-order valence-electron chi connectivity index (χ4n) is 2.45. The largest absolute Gasteiger partial charge is 0.491 e. The minimum absolute atomic E-state index is 0.569. The number of para-hydroxylation sites is 1. The molecule has 0 aliphatic carbocycles. The molecule has 3 heteroatoms. The van der Waals surface area contributed by atoms with E-state index in [-0.39, 0.29) is 0 Å². The highest BCUT2D eigenvalue weighted by Crippen LogP contribution is 2.31. The summed E-state index contributed by atoms with van der Waals surface area (Å²) < 4.78 is 10.8. The van der Waals surface area contributed by atoms with Gasteiger partial charge in [-0.3, -0.25) is 0 Å². The van der Waals surface area contributed by atoms with Gasteiger partial charge in [0.2, 0.25) is 0 Å². The summed E-state index contributed by atoms with van der Waals surface area (Å²) in [6.45, 7) is 4.54. The molecule has 3 nitrogen and oxygen atoms in total. The van der Waals surface area contributed by atoms with E-state index in [0.717, 1.165) is 12.3 Å². The van der Waals surface area contributed by atoms with E-state index in [9.17, 15) is 0 Å². The van der Waals surface area contributed by atoms with Crippen LogP contribution in [-0.4, -0.2) is 32.9 Å². The van der Waals surface area contributed by atoms with Crippen LogP contribution < -0.4 is 10.1 Å². The Balaban J connectivity index is 2.02. The minimum Gasteiger partial charge on any atom is -0.491 e. The third kappa shape index (κ3) is 3.47. The number of rotatable bonds is 5. The van der Waals surface area contributed by atoms with Gasteiger partial charge >= 0.3 is 0 Å². The van der Waals surface area contributed by atoms with Gasteiger partial charge in [-0.1, -0.05) is 18.2 Å². The quantitative estimate of drug-likeness (QED) is 0.814. The molecular formula is C15H23NO2. The van der Waals surface area contributed by atoms with Gasteiger partial charge in [-0.2, -0.15) is 0 Å². The Bertz CT molecular complexity index is 359. The standard InChI is InChI=1S/C15H23NO2/c1-12-7-8-13(11-16-12)14-5-3-4-6-15(14)18-10-9-17-2/h3-6,12-13,16H,7-11H2,1-2H3. The Morgan fingerprint density at radius 1 is 1.22 bits per heavy atom. The van der Waals surface area contributed by atoms with Crippen LogP contribution in [0.5, 0.6) is 5.75 Å². The molecule has 1 aromatic carbocycles. The van der Waals surface area contributed by atoms with Gasteiger partial charge in [0.05, 0.1) is 6.61 Å². The summed E-state index contributed by atoms with van der Waals surface area (Å²) in [6, 6.07) is 9.01. The van der Waals surface area contributed by atoms with Crippen molar-refractivity contribution in [3.63, 3.8) is 0 Å². The average molecular weight is 249 g/mol. The van der Waals surface area contributed by atoms with Gasteiger partial charge in [-0.05, 0) is 31.4 Å². The van der Waals surface area contributed by atoms with Crippen molar-refractivity contribution in [2.75, 3.05) is 26.9 Å². The highest BCUT2D eigenvalue weighted by atomic mass is 16.5. The molecule has 1 aliphatic rings. The predicted octanol–water partition coefficient (Wildman–Crippen LogP) is 2.57. The van der Waals surface area contributed by atoms with Crippen molar-refractivity contribution in [3.8, 4) is 5.75 Å². The fourth-order valence-corrected chi connectivity index (χ4v) is 2.45. The summed E-state index contributed by atoms with van der Waals surface area (Å²) >= 11 is 0. The van der Waals surface area contributed by atoms with E-state index in [2.05, 4.69) is 30.4 Å². The van der Waals surface area contributed by atoms with Crippen molar-refractivity contribution in [1.29, 1.82) is 0 Å². The first-order valence-corrected chi connectivity index (χ1v) is 6.75. The van der Waals surface area contributed by atoms with Gasteiger partial charge in [0.25, 0.3) is 0 Å². The number of nitrogens with one attached hydrogen (secondary N) is 1. The molecule has 0 radical (unpaired) electrons. The zero-order chi connectivity index (χ0) is 12.8. The number of piperidine rings is 1. The van der Waals surface area contributed by atoms with Crippen molar-refractivity contribution >= 4 is 0 Å². The summed E-state index contributed by atoms with van der Waals surface area (Å²) in [5, 5.41) is 3.54. The Hall–Kier alpha value is -1.06. The highest BCUT2D eigenvalue weighted by Gasteiger charge is 2.21. The van der Waals surface area contributed by atoms with Crippen LogP contribution in [0.1, 0.15) is 31.2 Å². The molecule has 18 heavy (non-hydrogen) atoms. The summed E-state index contributed by atoms with van der Waals surface area (Å²) in [4.78, 5) is 0. The Kier molecular flexibility index (Phi) is 5.02. The van der Waals surface area contributed by atoms with E-state index in [1.165, 1.54) is 18.4 Å². The lowest BCUT2D eigenvalue weighted by Crippen LogP contribution is -2.35. The lowest BCUT2D eigenvalue weighted by atomic mass is 9.88. The number of hydrogen-bond donors (Lipinski definition) is 1. The molecule has 1 aliphatic heterocycles. The predicted molar refractivity (Wildman–Crippen MR) is 73.3 cm³/mol. The molecule has 2 rings (SSSR count). The number of hydrogen-bond acceptors (Lipinski definition) is 3. The van der Waals surface area contributed by atoms with Crippen LogP contribution in [0.25, 0.3) is 0 Å². The van der Waals surface area contributed by atoms with Gasteiger partial charge in [0, 0.05) is 25.6 Å². The van der Waals surface area contributed by atoms with Gasteiger partial charge in [0.15, 0.2) is 0 Å². The number of ether oxygens (including phenoxy) is 2. The van der Waals surface area contributed by atoms with E-state index in [0.29, 0.717) is 25.2 Å². The SMILES string of the molecule is COCCOc1ccccc1C1CCC(C)NC1. The highest BCUT2D eigenvalue weighted by molar-refractivity contribution is 5.36. The molecule has 1 N–H and O–H groups in total. The van der Waals surface area contributed by atoms with Crippen LogP contribution >= 0.6 is 0 Å². The van der Waals surface area contributed by atoms with Crippen LogP contribution in [0.3, 0.4) is 0 Å². The monoisotopic (exact) mass is 249 g/mol. The maximum Gasteiger partial charge on any atom is 0.122 e. The van der Waals surface area contributed by atoms with Crippen LogP contribution in [0.15, 0.2) is 24.3 Å². The van der Waals surface area contributed by atoms with Crippen molar-refractivity contribution in [2.24, 2.45) is 0 Å². The number of benzene rings is 1. The van der Waals surface area contributed by atoms with Gasteiger partial charge in [0.1, 0.15) is 12.4 Å². The van der Waals surface area contributed by atoms with Crippen molar-refractivity contribution < 1.29 is 9.47 Å². The second-order valence-electron chi connectivity index (χ2n) is 4.96. The Labute approximate surface area is 109 Å². The van der Waals surface area contributed by atoms with Gasteiger partial charge in [-0.25, -0.2) is 0 Å². The third-order valence-electron chi connectivity index (χ3n) is 3.56. The van der Waals surface area contributed by atoms with Crippen LogP contribution in [0, 0.1) is 0 Å². The van der Waals surface area contributed by atoms with E-state index in [4.69, 9.17) is 9.47 Å². The van der Waals surface area contributed by atoms with E-state index in [1.807, 2.05) is 6.07 Å². The molecule has 0 spiro atoms. The zero-order valence-corrected chi connectivity index (χ0v) is 11.3. The summed E-state index contributed by atoms with van der Waals surface area (Å²) in [7, 11) is 1.70. The van der Waals surface area contributed by atoms with E-state index in [1.54, 1.807) is 7.11 Å². The van der Waals surface area contributed by atoms with Crippen molar-refractivity contribution in [3.05, 3.63) is 29.8 Å². The van der Waals surface area contributed by atoms with E-state index < -0.39 is 0 Å². The Morgan fingerprint density at radius 3 is 2.78 bits per heavy atom. The molecule has 0 saturated carbocycles. The molecule has 1 fully saturated rings. The topological polar surface area (TPSA) is 30.5 Å². The van der Waals surface area contributed by atoms with Gasteiger partial charge < -0.3 is 14.8 Å². The molecular weight excluding hydrogens is 226 g/mol. The third-order valence-corrected chi connectivity index (χ3v) is 3.56. The summed E-state index contributed by atoms with van der Waals surface area (Å²) in [6.07, 6.45) is 2.47. The molecule has 1 saturated heterocycles. The summed E-state index contributed by atoms with van der Waals surface area (Å²) in [5.41, 5.74) is 1.33. The van der Waals surface area contributed by atoms with E-state index >= 15 is 0 Å². The molecule has 2 unspecified atom stereocenters. The maximum atomic E-state index is 5.80. The first-order valence-electron chi connectivity index (χ1n) is 6.75. The number of methoxy groups -OCH3 is 1. The zero-order valence-electron chi connectivity index (χ0n) is 11.3. The molecule has 0 amide bonds. The van der Waals surface area contributed by atoms with Crippen LogP contribution in [0.4, 0.5) is 0 Å². The van der Waals surface area contributed by atoms with Crippen LogP contribution in [0.2, 0.25) is 0 Å². The smallest absolute Gasteiger partial charge is 0.122 e. The normalized spacial score (nSPS) is 23.9. The van der Waals surface area contributed by atoms with Crippen molar-refractivity contribution in [2.45, 2.75) is 31.7 Å². The fraction of sp³-hybridized carbons (Fsp3) is 0.600. The second-order valence-corrected chi connectivity index (χ2v) is 4.96. The lowest BCUT2D eigenvalue weighted by molar-refractivity contribution is 0.145.